The van der Waals surface area contributed by atoms with Crippen LogP contribution in [0.25, 0.3) is 0 Å². The van der Waals surface area contributed by atoms with E-state index in [9.17, 15) is 8.42 Å². The van der Waals surface area contributed by atoms with Gasteiger partial charge in [0.25, 0.3) is 0 Å². The first kappa shape index (κ1) is 17.6. The lowest BCUT2D eigenvalue weighted by molar-refractivity contribution is -0.0436. The summed E-state index contributed by atoms with van der Waals surface area (Å²) in [6.45, 7) is 5.18. The molecule has 0 unspecified atom stereocenters. The number of halogens is 1. The van der Waals surface area contributed by atoms with E-state index in [1.807, 2.05) is 0 Å². The second-order valence-corrected chi connectivity index (χ2v) is 10.7. The van der Waals surface area contributed by atoms with Gasteiger partial charge in [-0.15, -0.1) is 0 Å². The highest BCUT2D eigenvalue weighted by molar-refractivity contribution is 8.13. The molecule has 21 heavy (non-hydrogen) atoms. The highest BCUT2D eigenvalue weighted by Gasteiger charge is 2.38. The fourth-order valence-electron chi connectivity index (χ4n) is 3.83. The van der Waals surface area contributed by atoms with Gasteiger partial charge in [0.05, 0.1) is 18.5 Å². The van der Waals surface area contributed by atoms with Crippen LogP contribution < -0.4 is 0 Å². The minimum absolute atomic E-state index is 0.0692. The zero-order valence-electron chi connectivity index (χ0n) is 13.4. The molecule has 0 N–H and O–H groups in total. The maximum atomic E-state index is 11.6. The normalized spacial score (nSPS) is 26.6. The Hall–Kier alpha value is 0.200. The smallest absolute Gasteiger partial charge is 0.233 e. The van der Waals surface area contributed by atoms with Gasteiger partial charge in [0.2, 0.25) is 9.05 Å². The molecule has 0 aliphatic heterocycles. The molecule has 0 radical (unpaired) electrons. The molecule has 0 bridgehead atoms. The van der Waals surface area contributed by atoms with Crippen molar-refractivity contribution in [3.8, 4) is 0 Å². The Labute approximate surface area is 134 Å². The summed E-state index contributed by atoms with van der Waals surface area (Å²) in [6, 6.07) is 0. The summed E-state index contributed by atoms with van der Waals surface area (Å²) < 4.78 is 29.2. The molecule has 2 fully saturated rings. The Balaban J connectivity index is 1.90. The third-order valence-electron chi connectivity index (χ3n) is 5.30. The minimum Gasteiger partial charge on any atom is -0.378 e. The molecule has 0 heterocycles. The molecular formula is C16H29ClO3S. The first-order chi connectivity index (χ1) is 9.70. The topological polar surface area (TPSA) is 43.4 Å². The van der Waals surface area contributed by atoms with Crippen LogP contribution in [0.4, 0.5) is 0 Å². The molecule has 2 aliphatic rings. The lowest BCUT2D eigenvalue weighted by Crippen LogP contribution is -2.38. The van der Waals surface area contributed by atoms with E-state index in [-0.39, 0.29) is 11.2 Å². The van der Waals surface area contributed by atoms with Crippen molar-refractivity contribution in [2.24, 2.45) is 10.8 Å². The zero-order valence-corrected chi connectivity index (χ0v) is 14.9. The molecular weight excluding hydrogens is 308 g/mol. The van der Waals surface area contributed by atoms with Gasteiger partial charge in [-0.25, -0.2) is 8.42 Å². The van der Waals surface area contributed by atoms with Crippen LogP contribution in [0.3, 0.4) is 0 Å². The summed E-state index contributed by atoms with van der Waals surface area (Å²) in [4.78, 5) is 0. The molecule has 2 rings (SSSR count). The van der Waals surface area contributed by atoms with Crippen molar-refractivity contribution < 1.29 is 13.2 Å². The average Bonchev–Trinajstić information content (AvgIpc) is 2.36. The third kappa shape index (κ3) is 5.72. The fourth-order valence-corrected chi connectivity index (χ4v) is 5.63. The molecule has 2 saturated carbocycles. The van der Waals surface area contributed by atoms with Crippen molar-refractivity contribution in [2.45, 2.75) is 77.7 Å². The van der Waals surface area contributed by atoms with Crippen molar-refractivity contribution in [3.63, 3.8) is 0 Å². The SMILES string of the molecule is CC1(C)CCC(OCC2(CS(=O)(=O)Cl)CCCCC2)CC1. The average molecular weight is 337 g/mol. The van der Waals surface area contributed by atoms with Crippen LogP contribution in [0.5, 0.6) is 0 Å². The largest absolute Gasteiger partial charge is 0.378 e. The number of rotatable bonds is 5. The Morgan fingerprint density at radius 3 is 2.14 bits per heavy atom. The van der Waals surface area contributed by atoms with Crippen LogP contribution in [0.2, 0.25) is 0 Å². The van der Waals surface area contributed by atoms with Gasteiger partial charge in [-0.2, -0.15) is 0 Å². The Morgan fingerprint density at radius 2 is 1.62 bits per heavy atom. The van der Waals surface area contributed by atoms with E-state index in [1.165, 1.54) is 19.3 Å². The molecule has 0 aromatic rings. The van der Waals surface area contributed by atoms with Gasteiger partial charge >= 0.3 is 0 Å². The van der Waals surface area contributed by atoms with Gasteiger partial charge in [0.1, 0.15) is 0 Å². The maximum Gasteiger partial charge on any atom is 0.233 e. The molecule has 0 spiro atoms. The molecule has 2 aliphatic carbocycles. The maximum absolute atomic E-state index is 11.6. The minimum atomic E-state index is -3.46. The zero-order chi connectivity index (χ0) is 15.6. The Bertz CT molecular complexity index is 428. The summed E-state index contributed by atoms with van der Waals surface area (Å²) in [5, 5.41) is 0. The molecule has 0 aromatic carbocycles. The summed E-state index contributed by atoms with van der Waals surface area (Å²) in [6.07, 6.45) is 10.1. The lowest BCUT2D eigenvalue weighted by atomic mass is 9.75. The van der Waals surface area contributed by atoms with Gasteiger partial charge in [0, 0.05) is 16.1 Å². The van der Waals surface area contributed by atoms with E-state index in [4.69, 9.17) is 15.4 Å². The van der Waals surface area contributed by atoms with E-state index < -0.39 is 9.05 Å². The quantitative estimate of drug-likeness (QED) is 0.695. The van der Waals surface area contributed by atoms with Crippen LogP contribution in [-0.4, -0.2) is 26.9 Å². The summed E-state index contributed by atoms with van der Waals surface area (Å²) in [5.41, 5.74) is 0.188. The van der Waals surface area contributed by atoms with Crippen LogP contribution in [0, 0.1) is 10.8 Å². The van der Waals surface area contributed by atoms with Crippen molar-refractivity contribution >= 4 is 19.7 Å². The summed E-state index contributed by atoms with van der Waals surface area (Å²) in [7, 11) is 2.07. The fraction of sp³-hybridized carbons (Fsp3) is 1.00. The highest BCUT2D eigenvalue weighted by Crippen LogP contribution is 2.41. The van der Waals surface area contributed by atoms with Gasteiger partial charge in [-0.3, -0.25) is 0 Å². The summed E-state index contributed by atoms with van der Waals surface area (Å²) >= 11 is 0. The van der Waals surface area contributed by atoms with Crippen LogP contribution >= 0.6 is 10.7 Å². The van der Waals surface area contributed by atoms with Gasteiger partial charge in [0.15, 0.2) is 0 Å². The second-order valence-electron chi connectivity index (χ2n) is 7.92. The number of hydrogen-bond acceptors (Lipinski definition) is 3. The Morgan fingerprint density at radius 1 is 1.05 bits per heavy atom. The van der Waals surface area contributed by atoms with E-state index >= 15 is 0 Å². The van der Waals surface area contributed by atoms with Crippen molar-refractivity contribution in [1.29, 1.82) is 0 Å². The number of hydrogen-bond donors (Lipinski definition) is 0. The van der Waals surface area contributed by atoms with E-state index in [0.717, 1.165) is 38.5 Å². The van der Waals surface area contributed by atoms with Gasteiger partial charge in [-0.05, 0) is 43.9 Å². The molecule has 124 valence electrons. The second kappa shape index (κ2) is 6.76. The lowest BCUT2D eigenvalue weighted by Gasteiger charge is -2.39. The highest BCUT2D eigenvalue weighted by atomic mass is 35.7. The van der Waals surface area contributed by atoms with Gasteiger partial charge in [-0.1, -0.05) is 33.1 Å². The summed E-state index contributed by atoms with van der Waals surface area (Å²) in [5.74, 6) is 0.0692. The van der Waals surface area contributed by atoms with Gasteiger partial charge < -0.3 is 4.74 Å². The first-order valence-corrected chi connectivity index (χ1v) is 10.7. The molecule has 0 aromatic heterocycles. The Kier molecular flexibility index (Phi) is 5.65. The molecule has 0 saturated heterocycles. The molecule has 5 heteroatoms. The molecule has 3 nitrogen and oxygen atoms in total. The van der Waals surface area contributed by atoms with Crippen molar-refractivity contribution in [3.05, 3.63) is 0 Å². The van der Waals surface area contributed by atoms with Crippen LogP contribution in [0.1, 0.15) is 71.6 Å². The van der Waals surface area contributed by atoms with Crippen molar-refractivity contribution in [1.82, 2.24) is 0 Å². The first-order valence-electron chi connectivity index (χ1n) is 8.24. The predicted octanol–water partition coefficient (Wildman–Crippen LogP) is 4.49. The van der Waals surface area contributed by atoms with E-state index in [1.54, 1.807) is 0 Å². The van der Waals surface area contributed by atoms with E-state index in [2.05, 4.69) is 13.8 Å². The van der Waals surface area contributed by atoms with E-state index in [0.29, 0.717) is 18.1 Å². The standard InChI is InChI=1S/C16H29ClO3S/c1-15(2)10-6-14(7-11-15)20-12-16(13-21(17,18)19)8-4-3-5-9-16/h14H,3-13H2,1-2H3. The number of ether oxygens (including phenoxy) is 1. The predicted molar refractivity (Wildman–Crippen MR) is 87.1 cm³/mol. The van der Waals surface area contributed by atoms with Crippen LogP contribution in [-0.2, 0) is 13.8 Å². The third-order valence-corrected chi connectivity index (χ3v) is 6.59. The van der Waals surface area contributed by atoms with Crippen LogP contribution in [0.15, 0.2) is 0 Å². The monoisotopic (exact) mass is 336 g/mol. The van der Waals surface area contributed by atoms with Crippen molar-refractivity contribution in [2.75, 3.05) is 12.4 Å². The molecule has 0 amide bonds. The molecule has 0 atom stereocenters.